The predicted molar refractivity (Wildman–Crippen MR) is 84.8 cm³/mol. The Morgan fingerprint density at radius 2 is 1.80 bits per heavy atom. The van der Waals surface area contributed by atoms with E-state index in [2.05, 4.69) is 5.32 Å². The summed E-state index contributed by atoms with van der Waals surface area (Å²) in [7, 11) is 3.17. The molecule has 0 saturated carbocycles. The highest BCUT2D eigenvalue weighted by atomic mass is 32.1. The summed E-state index contributed by atoms with van der Waals surface area (Å²) < 4.78 is 10.4. The second-order valence-corrected chi connectivity index (χ2v) is 5.94. The highest BCUT2D eigenvalue weighted by Gasteiger charge is 2.19. The lowest BCUT2D eigenvalue weighted by Gasteiger charge is -2.14. The quantitative estimate of drug-likeness (QED) is 0.751. The largest absolute Gasteiger partial charge is 0.492 e. The zero-order chi connectivity index (χ0) is 15.7. The summed E-state index contributed by atoms with van der Waals surface area (Å²) in [4.78, 5) is 0.799. The minimum absolute atomic E-state index is 0.333. The Morgan fingerprint density at radius 3 is 2.20 bits per heavy atom. The summed E-state index contributed by atoms with van der Waals surface area (Å²) in [6.07, 6.45) is -0.564. The van der Waals surface area contributed by atoms with Gasteiger partial charge in [0.25, 0.3) is 0 Å². The Bertz CT molecular complexity index is 365. The first-order valence-electron chi connectivity index (χ1n) is 6.69. The summed E-state index contributed by atoms with van der Waals surface area (Å²) in [5, 5.41) is 15.0. The van der Waals surface area contributed by atoms with Crippen LogP contribution in [0.4, 0.5) is 0 Å². The van der Waals surface area contributed by atoms with E-state index < -0.39 is 6.10 Å². The molecule has 118 valence electrons. The van der Waals surface area contributed by atoms with Crippen molar-refractivity contribution in [3.05, 3.63) is 10.3 Å². The number of methoxy groups -OCH3 is 2. The van der Waals surface area contributed by atoms with Crippen molar-refractivity contribution in [1.29, 1.82) is 0 Å². The third-order valence-corrected chi connectivity index (χ3v) is 3.23. The van der Waals surface area contributed by atoms with Crippen LogP contribution in [0.2, 0.25) is 0 Å². The number of nitrogens with one attached hydrogen (secondary N) is 1. The van der Waals surface area contributed by atoms with E-state index in [1.165, 1.54) is 11.3 Å². The van der Waals surface area contributed by atoms with Crippen LogP contribution in [0.3, 0.4) is 0 Å². The first kappa shape index (κ1) is 19.2. The van der Waals surface area contributed by atoms with Crippen molar-refractivity contribution in [1.82, 2.24) is 5.32 Å². The fraction of sp³-hybridized carbons (Fsp3) is 0.714. The average molecular weight is 304 g/mol. The Balaban J connectivity index is 0.000000796. The van der Waals surface area contributed by atoms with E-state index in [9.17, 15) is 5.11 Å². The molecule has 1 aromatic rings. The third kappa shape index (κ3) is 7.09. The molecule has 0 aliphatic heterocycles. The van der Waals surface area contributed by atoms with Gasteiger partial charge in [0, 0.05) is 18.0 Å². The standard InChI is InChI=1S/C11H19NO3S.C3H9N/c1-7(2)12-5-8(13)11-10(15-4)9(14-3)6-16-11;1-3(2)4/h6-8,12-13H,5H2,1-4H3;3H,4H2,1-2H3. The van der Waals surface area contributed by atoms with Crippen molar-refractivity contribution >= 4 is 11.3 Å². The van der Waals surface area contributed by atoms with Gasteiger partial charge in [-0.15, -0.1) is 11.3 Å². The fourth-order valence-corrected chi connectivity index (χ4v) is 2.33. The molecule has 0 spiro atoms. The van der Waals surface area contributed by atoms with Crippen LogP contribution in [0.25, 0.3) is 0 Å². The van der Waals surface area contributed by atoms with E-state index in [1.54, 1.807) is 14.2 Å². The van der Waals surface area contributed by atoms with Gasteiger partial charge in [-0.3, -0.25) is 0 Å². The van der Waals surface area contributed by atoms with Crippen molar-refractivity contribution in [2.75, 3.05) is 20.8 Å². The van der Waals surface area contributed by atoms with E-state index >= 15 is 0 Å². The lowest BCUT2D eigenvalue weighted by atomic mass is 10.2. The zero-order valence-electron chi connectivity index (χ0n) is 13.3. The van der Waals surface area contributed by atoms with Crippen LogP contribution in [-0.4, -0.2) is 38.0 Å². The molecule has 0 saturated heterocycles. The maximum absolute atomic E-state index is 10.0. The van der Waals surface area contributed by atoms with Crippen LogP contribution >= 0.6 is 11.3 Å². The number of thiophene rings is 1. The lowest BCUT2D eigenvalue weighted by molar-refractivity contribution is 0.171. The summed E-state index contributed by atoms with van der Waals surface area (Å²) in [6, 6.07) is 0.683. The Morgan fingerprint density at radius 1 is 1.25 bits per heavy atom. The molecule has 0 aliphatic rings. The SMILES string of the molecule is CC(C)N.COc1csc(C(O)CNC(C)C)c1OC. The molecular formula is C14H28N2O3S. The minimum Gasteiger partial charge on any atom is -0.492 e. The molecule has 6 heteroatoms. The monoisotopic (exact) mass is 304 g/mol. The molecule has 0 bridgehead atoms. The van der Waals surface area contributed by atoms with Crippen LogP contribution in [0.5, 0.6) is 11.5 Å². The van der Waals surface area contributed by atoms with Crippen LogP contribution < -0.4 is 20.5 Å². The van der Waals surface area contributed by atoms with Gasteiger partial charge < -0.3 is 25.6 Å². The molecule has 5 nitrogen and oxygen atoms in total. The van der Waals surface area contributed by atoms with Gasteiger partial charge in [-0.05, 0) is 6.04 Å². The molecule has 1 rings (SSSR count). The van der Waals surface area contributed by atoms with Crippen LogP contribution in [0.1, 0.15) is 38.7 Å². The zero-order valence-corrected chi connectivity index (χ0v) is 14.1. The van der Waals surface area contributed by atoms with Gasteiger partial charge in [0.05, 0.1) is 19.1 Å². The van der Waals surface area contributed by atoms with Gasteiger partial charge in [0.2, 0.25) is 0 Å². The van der Waals surface area contributed by atoms with Crippen LogP contribution in [0, 0.1) is 0 Å². The highest BCUT2D eigenvalue weighted by Crippen LogP contribution is 2.40. The van der Waals surface area contributed by atoms with E-state index in [-0.39, 0.29) is 0 Å². The number of nitrogens with two attached hydrogens (primary N) is 1. The van der Waals surface area contributed by atoms with E-state index in [0.29, 0.717) is 30.1 Å². The van der Waals surface area contributed by atoms with Crippen molar-refractivity contribution < 1.29 is 14.6 Å². The van der Waals surface area contributed by atoms with Gasteiger partial charge in [-0.25, -0.2) is 0 Å². The van der Waals surface area contributed by atoms with Crippen LogP contribution in [0.15, 0.2) is 5.38 Å². The number of aliphatic hydroxyl groups excluding tert-OH is 1. The van der Waals surface area contributed by atoms with Crippen molar-refractivity contribution in [2.45, 2.75) is 45.9 Å². The Kier molecular flexibility index (Phi) is 9.58. The van der Waals surface area contributed by atoms with Crippen molar-refractivity contribution in [2.24, 2.45) is 5.73 Å². The molecule has 0 aliphatic carbocycles. The first-order valence-corrected chi connectivity index (χ1v) is 7.57. The summed E-state index contributed by atoms with van der Waals surface area (Å²) >= 11 is 1.45. The molecule has 0 fully saturated rings. The maximum atomic E-state index is 10.0. The molecule has 0 aromatic carbocycles. The minimum atomic E-state index is -0.564. The normalized spacial score (nSPS) is 12.1. The molecule has 1 aromatic heterocycles. The summed E-state index contributed by atoms with van der Waals surface area (Å²) in [5.74, 6) is 1.30. The lowest BCUT2D eigenvalue weighted by Crippen LogP contribution is -2.27. The first-order chi connectivity index (χ1) is 9.33. The van der Waals surface area contributed by atoms with Crippen LogP contribution in [-0.2, 0) is 0 Å². The Labute approximate surface area is 126 Å². The van der Waals surface area contributed by atoms with E-state index in [4.69, 9.17) is 15.2 Å². The fourth-order valence-electron chi connectivity index (χ4n) is 1.36. The number of aliphatic hydroxyl groups is 1. The second kappa shape index (κ2) is 9.99. The number of hydrogen-bond acceptors (Lipinski definition) is 6. The molecule has 1 atom stereocenters. The van der Waals surface area contributed by atoms with Gasteiger partial charge >= 0.3 is 0 Å². The average Bonchev–Trinajstić information content (AvgIpc) is 2.77. The molecule has 1 unspecified atom stereocenters. The van der Waals surface area contributed by atoms with Gasteiger partial charge in [-0.1, -0.05) is 27.7 Å². The Hall–Kier alpha value is -0.820. The summed E-state index contributed by atoms with van der Waals surface area (Å²) in [6.45, 7) is 8.48. The van der Waals surface area contributed by atoms with Gasteiger partial charge in [-0.2, -0.15) is 0 Å². The highest BCUT2D eigenvalue weighted by molar-refractivity contribution is 7.10. The van der Waals surface area contributed by atoms with Gasteiger partial charge in [0.15, 0.2) is 11.5 Å². The predicted octanol–water partition coefficient (Wildman–Crippen LogP) is 2.15. The summed E-state index contributed by atoms with van der Waals surface area (Å²) in [5.41, 5.74) is 5.11. The van der Waals surface area contributed by atoms with E-state index in [0.717, 1.165) is 4.88 Å². The number of rotatable bonds is 6. The second-order valence-electron chi connectivity index (χ2n) is 5.02. The molecular weight excluding hydrogens is 276 g/mol. The maximum Gasteiger partial charge on any atom is 0.177 e. The number of ether oxygens (including phenoxy) is 2. The molecule has 0 amide bonds. The molecule has 20 heavy (non-hydrogen) atoms. The van der Waals surface area contributed by atoms with Gasteiger partial charge in [0.1, 0.15) is 6.10 Å². The van der Waals surface area contributed by atoms with Crippen molar-refractivity contribution in [3.63, 3.8) is 0 Å². The molecule has 4 N–H and O–H groups in total. The third-order valence-electron chi connectivity index (χ3n) is 2.19. The smallest absolute Gasteiger partial charge is 0.177 e. The molecule has 0 radical (unpaired) electrons. The number of hydrogen-bond donors (Lipinski definition) is 3. The molecule has 1 heterocycles. The van der Waals surface area contributed by atoms with Crippen molar-refractivity contribution in [3.8, 4) is 11.5 Å². The topological polar surface area (TPSA) is 76.7 Å². The van der Waals surface area contributed by atoms with E-state index in [1.807, 2.05) is 33.1 Å².